The number of alkyl halides is 1. The predicted octanol–water partition coefficient (Wildman–Crippen LogP) is 9.53. The minimum Gasteiger partial charge on any atom is -0.491 e. The fourth-order valence-electron chi connectivity index (χ4n) is 6.46. The molecule has 6 nitrogen and oxygen atoms in total. The summed E-state index contributed by atoms with van der Waals surface area (Å²) in [6, 6.07) is 12.9. The van der Waals surface area contributed by atoms with Gasteiger partial charge in [-0.25, -0.2) is 8.78 Å². The fourth-order valence-corrected chi connectivity index (χ4v) is 7.66. The third-order valence-corrected chi connectivity index (χ3v) is 12.5. The van der Waals surface area contributed by atoms with Crippen LogP contribution >= 0.6 is 34.8 Å². The number of benzene rings is 3. The molecule has 0 aromatic heterocycles. The number of carbonyl (C=O) groups is 2. The average molecular weight is 740 g/mol. The number of nitrogens with one attached hydrogen (secondary N) is 1. The molecule has 1 N–H and O–H groups in total. The van der Waals surface area contributed by atoms with Crippen molar-refractivity contribution in [2.24, 2.45) is 0 Å². The number of anilines is 1. The van der Waals surface area contributed by atoms with Crippen LogP contribution in [0.2, 0.25) is 29.7 Å². The Hall–Kier alpha value is -2.69. The molecule has 1 unspecified atom stereocenters. The van der Waals surface area contributed by atoms with Crippen LogP contribution in [0.4, 0.5) is 14.5 Å². The maximum Gasteiger partial charge on any atom is 0.238 e. The molecule has 3 aromatic rings. The van der Waals surface area contributed by atoms with E-state index in [0.29, 0.717) is 39.0 Å². The van der Waals surface area contributed by atoms with Gasteiger partial charge in [-0.05, 0) is 74.7 Å². The molecule has 0 saturated carbocycles. The third-order valence-electron chi connectivity index (χ3n) is 9.13. The quantitative estimate of drug-likeness (QED) is 0.175. The number of fused-ring (bicyclic) bond motifs is 2. The summed E-state index contributed by atoms with van der Waals surface area (Å²) in [6.07, 6.45) is -0.109. The normalized spacial score (nSPS) is 21.1. The molecule has 5 rings (SSSR count). The van der Waals surface area contributed by atoms with E-state index in [1.54, 1.807) is 63.4 Å². The molecule has 1 spiro atoms. The number of amides is 2. The Morgan fingerprint density at radius 3 is 2.29 bits per heavy atom. The number of methoxy groups -OCH3 is 1. The molecule has 12 heteroatoms. The zero-order valence-corrected chi connectivity index (χ0v) is 31.6. The summed E-state index contributed by atoms with van der Waals surface area (Å²) in [4.78, 5) is 29.8. The second-order valence-electron chi connectivity index (χ2n) is 13.5. The number of hydrogen-bond acceptors (Lipinski definition) is 4. The maximum absolute atomic E-state index is 16.1. The van der Waals surface area contributed by atoms with Crippen LogP contribution in [0.25, 0.3) is 0 Å². The Kier molecular flexibility index (Phi) is 12.3. The van der Waals surface area contributed by atoms with Crippen molar-refractivity contribution in [2.75, 3.05) is 24.9 Å². The minimum atomic E-state index is -1.59. The molecule has 4 atom stereocenters. The lowest BCUT2D eigenvalue weighted by Gasteiger charge is -2.51. The molecule has 0 aliphatic carbocycles. The molecule has 3 aromatic carbocycles. The molecule has 260 valence electrons. The Balaban J connectivity index is 0.000000579. The van der Waals surface area contributed by atoms with Gasteiger partial charge in [0, 0.05) is 53.3 Å². The zero-order chi connectivity index (χ0) is 35.6. The third kappa shape index (κ3) is 7.55. The summed E-state index contributed by atoms with van der Waals surface area (Å²) in [5.41, 5.74) is 0.255. The summed E-state index contributed by atoms with van der Waals surface area (Å²) >= 11 is 18.7. The molecular formula is C36H43Cl3F2N2O4Si. The predicted molar refractivity (Wildman–Crippen MR) is 192 cm³/mol. The second-order valence-corrected chi connectivity index (χ2v) is 20.3. The number of nitrogens with zero attached hydrogens (tertiary/aromatic N) is 1. The lowest BCUT2D eigenvalue weighted by atomic mass is 9.58. The maximum atomic E-state index is 16.1. The molecular weight excluding hydrogens is 697 g/mol. The van der Waals surface area contributed by atoms with Crippen molar-refractivity contribution in [3.8, 4) is 5.75 Å². The Morgan fingerprint density at radius 1 is 1.02 bits per heavy atom. The van der Waals surface area contributed by atoms with Crippen LogP contribution in [0.1, 0.15) is 62.3 Å². The smallest absolute Gasteiger partial charge is 0.238 e. The van der Waals surface area contributed by atoms with Gasteiger partial charge in [-0.3, -0.25) is 9.59 Å². The van der Waals surface area contributed by atoms with E-state index in [-0.39, 0.29) is 36.1 Å². The van der Waals surface area contributed by atoms with E-state index in [2.05, 4.69) is 31.9 Å². The van der Waals surface area contributed by atoms with Gasteiger partial charge in [0.25, 0.3) is 0 Å². The number of likely N-dealkylation sites (tertiary alicyclic amines) is 1. The van der Waals surface area contributed by atoms with Crippen LogP contribution in [-0.4, -0.2) is 56.2 Å². The van der Waals surface area contributed by atoms with Crippen molar-refractivity contribution in [3.05, 3.63) is 93.0 Å². The van der Waals surface area contributed by atoms with Crippen molar-refractivity contribution in [1.29, 1.82) is 0 Å². The SMILES string of the molecule is CC(C)Oc1ccc(F)c(F)c1[C@H]1N(CCCCl)C(=O)C[C@@H](c2cccc(Cl)c2)[C@]12C(=O)Nc1cc(Cl)ccc12.COC(C)[Si](C)(C)C. The average Bonchev–Trinajstić information content (AvgIpc) is 3.29. The van der Waals surface area contributed by atoms with Gasteiger partial charge in [-0.1, -0.05) is 61.0 Å². The number of ether oxygens (including phenoxy) is 2. The fraction of sp³-hybridized carbons (Fsp3) is 0.444. The van der Waals surface area contributed by atoms with Crippen LogP contribution in [-0.2, 0) is 19.7 Å². The Labute approximate surface area is 298 Å². The molecule has 2 aliphatic heterocycles. The lowest BCUT2D eigenvalue weighted by Crippen LogP contribution is -2.58. The highest BCUT2D eigenvalue weighted by Crippen LogP contribution is 2.61. The summed E-state index contributed by atoms with van der Waals surface area (Å²) < 4.78 is 42.3. The van der Waals surface area contributed by atoms with Crippen molar-refractivity contribution < 1.29 is 27.8 Å². The monoisotopic (exact) mass is 738 g/mol. The molecule has 0 bridgehead atoms. The molecule has 0 radical (unpaired) electrons. The van der Waals surface area contributed by atoms with Gasteiger partial charge in [0.2, 0.25) is 11.8 Å². The van der Waals surface area contributed by atoms with Gasteiger partial charge in [-0.15, -0.1) is 11.6 Å². The topological polar surface area (TPSA) is 67.9 Å². The number of piperidine rings is 1. The van der Waals surface area contributed by atoms with Crippen LogP contribution in [0.15, 0.2) is 54.6 Å². The molecule has 1 fully saturated rings. The van der Waals surface area contributed by atoms with Gasteiger partial charge >= 0.3 is 0 Å². The van der Waals surface area contributed by atoms with E-state index in [1.165, 1.54) is 11.0 Å². The summed E-state index contributed by atoms with van der Waals surface area (Å²) in [5.74, 6) is -3.63. The van der Waals surface area contributed by atoms with Crippen molar-refractivity contribution in [1.82, 2.24) is 4.90 Å². The molecule has 2 aliphatic rings. The largest absolute Gasteiger partial charge is 0.491 e. The highest BCUT2D eigenvalue weighted by molar-refractivity contribution is 6.77. The molecule has 2 amide bonds. The van der Waals surface area contributed by atoms with Crippen molar-refractivity contribution in [2.45, 2.75) is 82.5 Å². The van der Waals surface area contributed by atoms with E-state index < -0.39 is 49.1 Å². The first-order chi connectivity index (χ1) is 22.6. The highest BCUT2D eigenvalue weighted by atomic mass is 35.5. The van der Waals surface area contributed by atoms with Gasteiger partial charge in [0.15, 0.2) is 11.6 Å². The summed E-state index contributed by atoms with van der Waals surface area (Å²) in [5, 5.41) is 3.72. The summed E-state index contributed by atoms with van der Waals surface area (Å²) in [7, 11) is 0.798. The number of halogens is 5. The number of hydrogen-bond donors (Lipinski definition) is 1. The molecule has 2 heterocycles. The van der Waals surface area contributed by atoms with Crippen LogP contribution in [0.5, 0.6) is 5.75 Å². The van der Waals surface area contributed by atoms with Crippen LogP contribution < -0.4 is 10.1 Å². The van der Waals surface area contributed by atoms with Gasteiger partial charge in [0.05, 0.1) is 25.8 Å². The van der Waals surface area contributed by atoms with E-state index in [1.807, 2.05) is 0 Å². The van der Waals surface area contributed by atoms with E-state index in [0.717, 1.165) is 6.07 Å². The van der Waals surface area contributed by atoms with Gasteiger partial charge in [-0.2, -0.15) is 0 Å². The Bertz CT molecular complexity index is 1650. The second kappa shape index (κ2) is 15.5. The van der Waals surface area contributed by atoms with Crippen molar-refractivity contribution >= 4 is 60.4 Å². The van der Waals surface area contributed by atoms with E-state index >= 15 is 8.78 Å². The van der Waals surface area contributed by atoms with Gasteiger partial charge in [0.1, 0.15) is 11.2 Å². The minimum absolute atomic E-state index is 0.0453. The van der Waals surface area contributed by atoms with Crippen LogP contribution in [0, 0.1) is 11.6 Å². The van der Waals surface area contributed by atoms with Gasteiger partial charge < -0.3 is 19.7 Å². The van der Waals surface area contributed by atoms with Crippen LogP contribution in [0.3, 0.4) is 0 Å². The standard InChI is InChI=1S/C30H27Cl3F2N2O3.C6H16OSi/c1-16(2)40-24-10-9-22(34)27(35)26(24)28-30(20-8-7-19(33)14-23(20)36-29(30)39)21(17-5-3-6-18(32)13-17)15-25(38)37(28)12-4-11-31;1-6(7-2)8(3,4)5/h3,5-10,13-14,16,21,28H,4,11-12,15H2,1-2H3,(H,36,39);6H,1-5H3/t21-,28+,30-;/m0./s1. The first-order valence-corrected chi connectivity index (χ1v) is 20.8. The molecule has 48 heavy (non-hydrogen) atoms. The molecule has 1 saturated heterocycles. The number of carbonyl (C=O) groups excluding carboxylic acids is 2. The lowest BCUT2D eigenvalue weighted by molar-refractivity contribution is -0.145. The first kappa shape index (κ1) is 38.1. The van der Waals surface area contributed by atoms with E-state index in [9.17, 15) is 9.59 Å². The zero-order valence-electron chi connectivity index (χ0n) is 28.3. The number of rotatable bonds is 9. The Morgan fingerprint density at radius 2 is 1.71 bits per heavy atom. The summed E-state index contributed by atoms with van der Waals surface area (Å²) in [6.45, 7) is 12.7. The highest BCUT2D eigenvalue weighted by Gasteiger charge is 2.64. The first-order valence-electron chi connectivity index (χ1n) is 16.0. The van der Waals surface area contributed by atoms with Crippen molar-refractivity contribution in [3.63, 3.8) is 0 Å². The van der Waals surface area contributed by atoms with E-state index in [4.69, 9.17) is 44.3 Å².